The van der Waals surface area contributed by atoms with Crippen molar-refractivity contribution in [3.8, 4) is 17.2 Å². The molecule has 0 aliphatic rings. The van der Waals surface area contributed by atoms with Crippen molar-refractivity contribution in [3.63, 3.8) is 0 Å². The number of aromatic hydroxyl groups is 1. The van der Waals surface area contributed by atoms with Crippen LogP contribution in [0.15, 0.2) is 12.1 Å². The fourth-order valence-corrected chi connectivity index (χ4v) is 1.90. The third-order valence-corrected chi connectivity index (χ3v) is 3.35. The zero-order valence-electron chi connectivity index (χ0n) is 12.8. The Kier molecular flexibility index (Phi) is 6.79. The summed E-state index contributed by atoms with van der Waals surface area (Å²) in [7, 11) is 4.17. The number of phenolic OH excluding ortho intramolecular Hbond substituents is 1. The minimum atomic E-state index is -0.929. The molecule has 0 spiro atoms. The molecule has 1 rings (SSSR count). The van der Waals surface area contributed by atoms with Crippen molar-refractivity contribution in [2.75, 3.05) is 21.3 Å². The van der Waals surface area contributed by atoms with Crippen molar-refractivity contribution in [3.05, 3.63) is 17.7 Å². The van der Waals surface area contributed by atoms with Crippen LogP contribution in [-0.4, -0.2) is 32.4 Å². The maximum atomic E-state index is 11.8. The van der Waals surface area contributed by atoms with Gasteiger partial charge in [0.05, 0.1) is 26.7 Å². The highest BCUT2D eigenvalue weighted by molar-refractivity contribution is 5.85. The number of carbonyl (C=O) groups excluding carboxylic acids is 1. The van der Waals surface area contributed by atoms with Gasteiger partial charge in [-0.2, -0.15) is 0 Å². The van der Waals surface area contributed by atoms with Crippen LogP contribution in [0, 0.1) is 5.41 Å². The van der Waals surface area contributed by atoms with E-state index in [1.807, 2.05) is 0 Å². The molecule has 120 valence electrons. The fourth-order valence-electron chi connectivity index (χ4n) is 1.90. The average molecular weight is 320 g/mol. The van der Waals surface area contributed by atoms with E-state index in [1.165, 1.54) is 21.3 Å². The molecule has 1 aromatic carbocycles. The summed E-state index contributed by atoms with van der Waals surface area (Å²) in [6.07, 6.45) is 0. The number of esters is 1. The van der Waals surface area contributed by atoms with Gasteiger partial charge in [0.1, 0.15) is 0 Å². The lowest BCUT2D eigenvalue weighted by Crippen LogP contribution is -2.37. The first-order valence-corrected chi connectivity index (χ1v) is 6.08. The highest BCUT2D eigenvalue weighted by Crippen LogP contribution is 2.41. The first-order valence-electron chi connectivity index (χ1n) is 6.08. The molecule has 0 saturated carbocycles. The number of hydrogen-bond donors (Lipinski definition) is 2. The van der Waals surface area contributed by atoms with Crippen LogP contribution in [0.1, 0.15) is 25.5 Å². The molecule has 0 heterocycles. The monoisotopic (exact) mass is 319 g/mol. The van der Waals surface area contributed by atoms with E-state index in [-0.39, 0.29) is 29.7 Å². The highest BCUT2D eigenvalue weighted by Gasteiger charge is 2.37. The number of halogens is 1. The Hall–Kier alpha value is -1.66. The second kappa shape index (κ2) is 7.38. The molecule has 1 atom stereocenters. The van der Waals surface area contributed by atoms with E-state index < -0.39 is 17.4 Å². The van der Waals surface area contributed by atoms with E-state index in [0.29, 0.717) is 5.56 Å². The standard InChI is InChI=1S/C14H21NO5.ClH/c1-14(2,13(17)20-5)12(15)8-6-9(18-3)11(16)10(7-8)19-4;/h6-7,12,16H,15H2,1-5H3;1H/t12-;/m0./s1. The summed E-state index contributed by atoms with van der Waals surface area (Å²) in [6.45, 7) is 3.38. The number of carbonyl (C=O) groups is 1. The van der Waals surface area contributed by atoms with Crippen LogP contribution in [0.25, 0.3) is 0 Å². The number of methoxy groups -OCH3 is 3. The van der Waals surface area contributed by atoms with Gasteiger partial charge in [-0.25, -0.2) is 0 Å². The Labute approximate surface area is 130 Å². The van der Waals surface area contributed by atoms with Gasteiger partial charge in [-0.1, -0.05) is 0 Å². The zero-order chi connectivity index (χ0) is 15.5. The fraction of sp³-hybridized carbons (Fsp3) is 0.500. The molecule has 0 aromatic heterocycles. The smallest absolute Gasteiger partial charge is 0.313 e. The molecule has 0 aliphatic carbocycles. The summed E-state index contributed by atoms with van der Waals surface area (Å²) in [5.41, 5.74) is 5.83. The Morgan fingerprint density at radius 2 is 1.62 bits per heavy atom. The Bertz CT molecular complexity index is 479. The van der Waals surface area contributed by atoms with Gasteiger partial charge in [0.25, 0.3) is 0 Å². The summed E-state index contributed by atoms with van der Waals surface area (Å²) in [5.74, 6) is -0.0660. The third kappa shape index (κ3) is 3.71. The molecule has 0 saturated heterocycles. The largest absolute Gasteiger partial charge is 0.502 e. The van der Waals surface area contributed by atoms with Gasteiger partial charge in [0, 0.05) is 6.04 Å². The zero-order valence-corrected chi connectivity index (χ0v) is 13.6. The minimum Gasteiger partial charge on any atom is -0.502 e. The first kappa shape index (κ1) is 19.3. The second-order valence-corrected chi connectivity index (χ2v) is 4.96. The van der Waals surface area contributed by atoms with Crippen LogP contribution < -0.4 is 15.2 Å². The number of rotatable bonds is 5. The lowest BCUT2D eigenvalue weighted by atomic mass is 9.81. The van der Waals surface area contributed by atoms with E-state index >= 15 is 0 Å². The highest BCUT2D eigenvalue weighted by atomic mass is 35.5. The van der Waals surface area contributed by atoms with Crippen LogP contribution in [0.2, 0.25) is 0 Å². The maximum Gasteiger partial charge on any atom is 0.313 e. The van der Waals surface area contributed by atoms with Crippen LogP contribution in [0.3, 0.4) is 0 Å². The predicted molar refractivity (Wildman–Crippen MR) is 81.2 cm³/mol. The molecule has 0 fully saturated rings. The van der Waals surface area contributed by atoms with Crippen LogP contribution in [0.4, 0.5) is 0 Å². The predicted octanol–water partition coefficient (Wildman–Crippen LogP) is 2.03. The SMILES string of the molecule is COC(=O)C(C)(C)[C@@H](N)c1cc(OC)c(O)c(OC)c1.Cl. The van der Waals surface area contributed by atoms with Crippen molar-refractivity contribution >= 4 is 18.4 Å². The molecule has 3 N–H and O–H groups in total. The topological polar surface area (TPSA) is 91.0 Å². The van der Waals surface area contributed by atoms with Gasteiger partial charge in [-0.3, -0.25) is 4.79 Å². The summed E-state index contributed by atoms with van der Waals surface area (Å²) in [5, 5.41) is 9.87. The summed E-state index contributed by atoms with van der Waals surface area (Å²) < 4.78 is 14.9. The Balaban J connectivity index is 0.00000400. The van der Waals surface area contributed by atoms with E-state index in [1.54, 1.807) is 26.0 Å². The summed E-state index contributed by atoms with van der Waals surface area (Å²) >= 11 is 0. The molecular weight excluding hydrogens is 298 g/mol. The van der Waals surface area contributed by atoms with E-state index in [0.717, 1.165) is 0 Å². The van der Waals surface area contributed by atoms with Crippen molar-refractivity contribution in [1.29, 1.82) is 0 Å². The van der Waals surface area contributed by atoms with Gasteiger partial charge >= 0.3 is 5.97 Å². The van der Waals surface area contributed by atoms with Crippen molar-refractivity contribution in [1.82, 2.24) is 0 Å². The van der Waals surface area contributed by atoms with Gasteiger partial charge in [-0.15, -0.1) is 12.4 Å². The number of hydrogen-bond acceptors (Lipinski definition) is 6. The second-order valence-electron chi connectivity index (χ2n) is 4.96. The van der Waals surface area contributed by atoms with Crippen LogP contribution >= 0.6 is 12.4 Å². The molecule has 0 bridgehead atoms. The molecular formula is C14H22ClNO5. The molecule has 7 heteroatoms. The van der Waals surface area contributed by atoms with Crippen molar-refractivity contribution in [2.45, 2.75) is 19.9 Å². The molecule has 1 aromatic rings. The number of phenols is 1. The lowest BCUT2D eigenvalue weighted by Gasteiger charge is -2.29. The molecule has 21 heavy (non-hydrogen) atoms. The van der Waals surface area contributed by atoms with E-state index in [2.05, 4.69) is 0 Å². The molecule has 0 aliphatic heterocycles. The number of ether oxygens (including phenoxy) is 3. The van der Waals surface area contributed by atoms with E-state index in [9.17, 15) is 9.90 Å². The minimum absolute atomic E-state index is 0. The molecule has 0 unspecified atom stereocenters. The normalized spacial score (nSPS) is 12.1. The van der Waals surface area contributed by atoms with Crippen molar-refractivity contribution in [2.24, 2.45) is 11.1 Å². The first-order chi connectivity index (χ1) is 9.29. The van der Waals surface area contributed by atoms with Gasteiger partial charge in [0.2, 0.25) is 5.75 Å². The Morgan fingerprint density at radius 3 is 1.95 bits per heavy atom. The van der Waals surface area contributed by atoms with Gasteiger partial charge < -0.3 is 25.1 Å². The maximum absolute atomic E-state index is 11.8. The summed E-state index contributed by atoms with van der Waals surface area (Å²) in [6, 6.07) is 2.51. The number of nitrogens with two attached hydrogens (primary N) is 1. The van der Waals surface area contributed by atoms with Gasteiger partial charge in [0.15, 0.2) is 11.5 Å². The summed E-state index contributed by atoms with van der Waals surface area (Å²) in [4.78, 5) is 11.8. The quantitative estimate of drug-likeness (QED) is 0.807. The molecule has 6 nitrogen and oxygen atoms in total. The lowest BCUT2D eigenvalue weighted by molar-refractivity contribution is -0.152. The van der Waals surface area contributed by atoms with Crippen molar-refractivity contribution < 1.29 is 24.1 Å². The van der Waals surface area contributed by atoms with Crippen LogP contribution in [0.5, 0.6) is 17.2 Å². The molecule has 0 radical (unpaired) electrons. The Morgan fingerprint density at radius 1 is 1.19 bits per heavy atom. The average Bonchev–Trinajstić information content (AvgIpc) is 2.45. The third-order valence-electron chi connectivity index (χ3n) is 3.35. The van der Waals surface area contributed by atoms with Crippen LogP contribution in [-0.2, 0) is 9.53 Å². The van der Waals surface area contributed by atoms with Gasteiger partial charge in [-0.05, 0) is 31.5 Å². The van der Waals surface area contributed by atoms with E-state index in [4.69, 9.17) is 19.9 Å². The molecule has 0 amide bonds. The number of benzene rings is 1.